The van der Waals surface area contributed by atoms with Crippen molar-refractivity contribution in [3.05, 3.63) is 26.6 Å². The fraction of sp³-hybridized carbons (Fsp3) is 0.571. The zero-order chi connectivity index (χ0) is 14.7. The van der Waals surface area contributed by atoms with Gasteiger partial charge in [-0.05, 0) is 32.4 Å². The van der Waals surface area contributed by atoms with Gasteiger partial charge in [0.25, 0.3) is 5.56 Å². The summed E-state index contributed by atoms with van der Waals surface area (Å²) in [6.07, 6.45) is 1.00. The normalized spacial score (nSPS) is 11.7. The molecule has 2 rings (SSSR count). The Labute approximate surface area is 122 Å². The molecule has 0 aliphatic carbocycles. The van der Waals surface area contributed by atoms with Crippen molar-refractivity contribution in [3.8, 4) is 0 Å². The maximum absolute atomic E-state index is 12.2. The Morgan fingerprint density at radius 1 is 1.35 bits per heavy atom. The molecule has 0 fully saturated rings. The Morgan fingerprint density at radius 2 is 2.10 bits per heavy atom. The average molecular weight is 295 g/mol. The summed E-state index contributed by atoms with van der Waals surface area (Å²) in [5.41, 5.74) is 0.957. The van der Waals surface area contributed by atoms with Gasteiger partial charge in [0.1, 0.15) is 10.7 Å². The smallest absolute Gasteiger partial charge is 0.259 e. The number of H-pyrrole nitrogens is 1. The van der Waals surface area contributed by atoms with Crippen molar-refractivity contribution in [1.29, 1.82) is 0 Å². The molecule has 6 heteroatoms. The van der Waals surface area contributed by atoms with E-state index in [0.717, 1.165) is 28.2 Å². The summed E-state index contributed by atoms with van der Waals surface area (Å²) in [4.78, 5) is 23.6. The molecule has 0 radical (unpaired) electrons. The molecule has 0 aliphatic rings. The fourth-order valence-corrected chi connectivity index (χ4v) is 3.36. The quantitative estimate of drug-likeness (QED) is 0.852. The molecule has 0 bridgehead atoms. The number of rotatable bonds is 6. The van der Waals surface area contributed by atoms with Gasteiger partial charge in [0, 0.05) is 11.4 Å². The molecule has 0 unspecified atom stereocenters. The van der Waals surface area contributed by atoms with Gasteiger partial charge in [-0.15, -0.1) is 11.3 Å². The average Bonchev–Trinajstić information content (AvgIpc) is 2.66. The number of nitrogens with zero attached hydrogens (tertiary/aromatic N) is 2. The van der Waals surface area contributed by atoms with Crippen molar-refractivity contribution < 1.29 is 5.11 Å². The van der Waals surface area contributed by atoms with E-state index in [1.54, 1.807) is 11.3 Å². The fourth-order valence-electron chi connectivity index (χ4n) is 2.31. The van der Waals surface area contributed by atoms with Crippen LogP contribution in [0.5, 0.6) is 0 Å². The molecule has 0 aromatic carbocycles. The first-order chi connectivity index (χ1) is 9.56. The van der Waals surface area contributed by atoms with Gasteiger partial charge in [0.05, 0.1) is 18.5 Å². The van der Waals surface area contributed by atoms with Crippen LogP contribution in [0, 0.1) is 13.8 Å². The van der Waals surface area contributed by atoms with E-state index < -0.39 is 0 Å². The molecule has 0 aliphatic heterocycles. The lowest BCUT2D eigenvalue weighted by molar-refractivity contribution is 0.187. The van der Waals surface area contributed by atoms with E-state index in [2.05, 4.69) is 21.8 Å². The minimum absolute atomic E-state index is 0.0627. The van der Waals surface area contributed by atoms with Crippen LogP contribution >= 0.6 is 11.3 Å². The number of aliphatic hydroxyl groups excluding tert-OH is 1. The van der Waals surface area contributed by atoms with Gasteiger partial charge in [0.2, 0.25) is 0 Å². The maximum Gasteiger partial charge on any atom is 0.259 e. The highest BCUT2D eigenvalue weighted by molar-refractivity contribution is 7.18. The van der Waals surface area contributed by atoms with Gasteiger partial charge in [-0.2, -0.15) is 0 Å². The van der Waals surface area contributed by atoms with Gasteiger partial charge >= 0.3 is 0 Å². The summed E-state index contributed by atoms with van der Waals surface area (Å²) >= 11 is 1.56. The molecule has 110 valence electrons. The maximum atomic E-state index is 12.2. The topological polar surface area (TPSA) is 69.2 Å². The van der Waals surface area contributed by atoms with Crippen LogP contribution in [0.3, 0.4) is 0 Å². The van der Waals surface area contributed by atoms with Crippen molar-refractivity contribution in [1.82, 2.24) is 14.9 Å². The molecular weight excluding hydrogens is 274 g/mol. The highest BCUT2D eigenvalue weighted by Gasteiger charge is 2.13. The molecule has 2 heterocycles. The van der Waals surface area contributed by atoms with Crippen molar-refractivity contribution in [3.63, 3.8) is 0 Å². The molecule has 0 saturated heterocycles. The molecule has 0 saturated carbocycles. The van der Waals surface area contributed by atoms with E-state index in [-0.39, 0.29) is 12.2 Å². The summed E-state index contributed by atoms with van der Waals surface area (Å²) in [6.45, 7) is 8.22. The Kier molecular flexibility index (Phi) is 4.91. The number of aliphatic hydroxyl groups is 1. The van der Waals surface area contributed by atoms with Gasteiger partial charge in [0.15, 0.2) is 0 Å². The SMILES string of the molecule is CCCN(CCO)Cc1nc2sc(C)c(C)c2c(=O)[nH]1. The van der Waals surface area contributed by atoms with Crippen LogP contribution in [0.25, 0.3) is 10.2 Å². The second-order valence-electron chi connectivity index (χ2n) is 4.98. The largest absolute Gasteiger partial charge is 0.395 e. The van der Waals surface area contributed by atoms with Crippen LogP contribution in [-0.4, -0.2) is 39.7 Å². The Bertz CT molecular complexity index is 642. The molecule has 2 aromatic heterocycles. The summed E-state index contributed by atoms with van der Waals surface area (Å²) in [6, 6.07) is 0. The second-order valence-corrected chi connectivity index (χ2v) is 6.18. The second kappa shape index (κ2) is 6.47. The Balaban J connectivity index is 2.33. The van der Waals surface area contributed by atoms with Crippen LogP contribution in [0.2, 0.25) is 0 Å². The van der Waals surface area contributed by atoms with Crippen molar-refractivity contribution in [2.45, 2.75) is 33.7 Å². The predicted molar refractivity (Wildman–Crippen MR) is 82.4 cm³/mol. The molecule has 20 heavy (non-hydrogen) atoms. The van der Waals surface area contributed by atoms with Gasteiger partial charge < -0.3 is 10.1 Å². The van der Waals surface area contributed by atoms with Crippen LogP contribution in [0.15, 0.2) is 4.79 Å². The lowest BCUT2D eigenvalue weighted by Gasteiger charge is -2.19. The Morgan fingerprint density at radius 3 is 2.75 bits per heavy atom. The zero-order valence-corrected chi connectivity index (χ0v) is 13.0. The minimum Gasteiger partial charge on any atom is -0.395 e. The van der Waals surface area contributed by atoms with E-state index in [4.69, 9.17) is 5.11 Å². The van der Waals surface area contributed by atoms with Gasteiger partial charge in [-0.1, -0.05) is 6.92 Å². The molecule has 5 nitrogen and oxygen atoms in total. The van der Waals surface area contributed by atoms with E-state index in [9.17, 15) is 4.79 Å². The lowest BCUT2D eigenvalue weighted by atomic mass is 10.2. The number of aromatic nitrogens is 2. The summed E-state index contributed by atoms with van der Waals surface area (Å²) in [5.74, 6) is 0.672. The number of fused-ring (bicyclic) bond motifs is 1. The molecular formula is C14H21N3O2S. The van der Waals surface area contributed by atoms with E-state index >= 15 is 0 Å². The summed E-state index contributed by atoms with van der Waals surface area (Å²) in [5, 5.41) is 9.78. The van der Waals surface area contributed by atoms with Crippen LogP contribution < -0.4 is 5.56 Å². The number of hydrogen-bond acceptors (Lipinski definition) is 5. The van der Waals surface area contributed by atoms with Crippen LogP contribution in [0.1, 0.15) is 29.6 Å². The highest BCUT2D eigenvalue weighted by atomic mass is 32.1. The number of nitrogens with one attached hydrogen (secondary N) is 1. The lowest BCUT2D eigenvalue weighted by Crippen LogP contribution is -2.29. The third kappa shape index (κ3) is 3.08. The predicted octanol–water partition coefficient (Wildman–Crippen LogP) is 1.81. The first kappa shape index (κ1) is 15.2. The van der Waals surface area contributed by atoms with Crippen molar-refractivity contribution in [2.75, 3.05) is 19.7 Å². The van der Waals surface area contributed by atoms with E-state index in [1.807, 2.05) is 13.8 Å². The van der Waals surface area contributed by atoms with Crippen molar-refractivity contribution in [2.24, 2.45) is 0 Å². The van der Waals surface area contributed by atoms with Crippen molar-refractivity contribution >= 4 is 21.6 Å². The number of thiophene rings is 1. The molecule has 2 aromatic rings. The number of hydrogen-bond donors (Lipinski definition) is 2. The molecule has 2 N–H and O–H groups in total. The standard InChI is InChI=1S/C14H21N3O2S/c1-4-5-17(6-7-18)8-11-15-13(19)12-9(2)10(3)20-14(12)16-11/h18H,4-8H2,1-3H3,(H,15,16,19). The van der Waals surface area contributed by atoms with Crippen LogP contribution in [0.4, 0.5) is 0 Å². The van der Waals surface area contributed by atoms with Crippen LogP contribution in [-0.2, 0) is 6.54 Å². The van der Waals surface area contributed by atoms with E-state index in [0.29, 0.717) is 24.3 Å². The number of aromatic amines is 1. The molecule has 0 atom stereocenters. The first-order valence-electron chi connectivity index (χ1n) is 6.89. The number of aryl methyl sites for hydroxylation is 2. The zero-order valence-electron chi connectivity index (χ0n) is 12.2. The Hall–Kier alpha value is -1.24. The van der Waals surface area contributed by atoms with Gasteiger partial charge in [-0.3, -0.25) is 9.69 Å². The highest BCUT2D eigenvalue weighted by Crippen LogP contribution is 2.25. The monoisotopic (exact) mass is 295 g/mol. The molecule has 0 amide bonds. The summed E-state index contributed by atoms with van der Waals surface area (Å²) < 4.78 is 0. The third-order valence-electron chi connectivity index (χ3n) is 3.42. The summed E-state index contributed by atoms with van der Waals surface area (Å²) in [7, 11) is 0. The minimum atomic E-state index is -0.0627. The van der Waals surface area contributed by atoms with Gasteiger partial charge in [-0.25, -0.2) is 4.98 Å². The third-order valence-corrected chi connectivity index (χ3v) is 4.52. The van der Waals surface area contributed by atoms with E-state index in [1.165, 1.54) is 0 Å². The first-order valence-corrected chi connectivity index (χ1v) is 7.70. The molecule has 0 spiro atoms.